The maximum atomic E-state index is 12.5. The minimum Gasteiger partial charge on any atom is -0.354 e. The molecular formula is C22H29N5O. The molecule has 2 fully saturated rings. The van der Waals surface area contributed by atoms with Crippen molar-refractivity contribution in [3.8, 4) is 0 Å². The van der Waals surface area contributed by atoms with Gasteiger partial charge in [-0.2, -0.15) is 0 Å². The van der Waals surface area contributed by atoms with Crippen molar-refractivity contribution in [2.24, 2.45) is 5.92 Å². The van der Waals surface area contributed by atoms with Crippen LogP contribution in [0.25, 0.3) is 0 Å². The zero-order valence-electron chi connectivity index (χ0n) is 16.5. The number of benzene rings is 1. The average molecular weight is 380 g/mol. The van der Waals surface area contributed by atoms with Gasteiger partial charge in [-0.1, -0.05) is 12.1 Å². The normalized spacial score (nSPS) is 20.3. The van der Waals surface area contributed by atoms with Crippen molar-refractivity contribution in [3.63, 3.8) is 0 Å². The average Bonchev–Trinajstić information content (AvgIpc) is 3.23. The van der Waals surface area contributed by atoms with Crippen LogP contribution in [0.2, 0.25) is 0 Å². The highest BCUT2D eigenvalue weighted by atomic mass is 16.1. The third-order valence-electron chi connectivity index (χ3n) is 5.74. The SMILES string of the molecule is CN1CCN(c2ccc(NC(=O)c3ccc(CC4CCNC4)cc3)cn2)CC1. The molecule has 2 aliphatic rings. The Kier molecular flexibility index (Phi) is 5.88. The van der Waals surface area contributed by atoms with Crippen molar-refractivity contribution >= 4 is 17.4 Å². The lowest BCUT2D eigenvalue weighted by Gasteiger charge is -2.33. The van der Waals surface area contributed by atoms with Crippen molar-refractivity contribution in [1.82, 2.24) is 15.2 Å². The van der Waals surface area contributed by atoms with E-state index >= 15 is 0 Å². The number of piperazine rings is 1. The third-order valence-corrected chi connectivity index (χ3v) is 5.74. The molecule has 2 aromatic rings. The van der Waals surface area contributed by atoms with E-state index in [-0.39, 0.29) is 5.91 Å². The van der Waals surface area contributed by atoms with E-state index in [1.54, 1.807) is 6.20 Å². The summed E-state index contributed by atoms with van der Waals surface area (Å²) < 4.78 is 0. The summed E-state index contributed by atoms with van der Waals surface area (Å²) in [7, 11) is 2.14. The Morgan fingerprint density at radius 2 is 1.93 bits per heavy atom. The van der Waals surface area contributed by atoms with E-state index in [0.29, 0.717) is 11.5 Å². The first-order valence-electron chi connectivity index (χ1n) is 10.2. The zero-order chi connectivity index (χ0) is 19.3. The van der Waals surface area contributed by atoms with Crippen LogP contribution < -0.4 is 15.5 Å². The number of carbonyl (C=O) groups excluding carboxylic acids is 1. The first-order chi connectivity index (χ1) is 13.7. The fraction of sp³-hybridized carbons (Fsp3) is 0.455. The predicted molar refractivity (Wildman–Crippen MR) is 113 cm³/mol. The summed E-state index contributed by atoms with van der Waals surface area (Å²) in [6.07, 6.45) is 4.05. The van der Waals surface area contributed by atoms with Crippen LogP contribution in [0, 0.1) is 5.92 Å². The molecule has 0 aliphatic carbocycles. The highest BCUT2D eigenvalue weighted by molar-refractivity contribution is 6.04. The molecule has 28 heavy (non-hydrogen) atoms. The van der Waals surface area contributed by atoms with Gasteiger partial charge in [-0.25, -0.2) is 4.98 Å². The number of aromatic nitrogens is 1. The minimum absolute atomic E-state index is 0.0942. The molecule has 0 saturated carbocycles. The molecular weight excluding hydrogens is 350 g/mol. The molecule has 0 bridgehead atoms. The summed E-state index contributed by atoms with van der Waals surface area (Å²) >= 11 is 0. The number of hydrogen-bond acceptors (Lipinski definition) is 5. The lowest BCUT2D eigenvalue weighted by molar-refractivity contribution is 0.102. The molecule has 6 heteroatoms. The highest BCUT2D eigenvalue weighted by Crippen LogP contribution is 2.18. The number of pyridine rings is 1. The van der Waals surface area contributed by atoms with Crippen molar-refractivity contribution in [2.45, 2.75) is 12.8 Å². The van der Waals surface area contributed by atoms with Crippen molar-refractivity contribution in [2.75, 3.05) is 56.5 Å². The lowest BCUT2D eigenvalue weighted by atomic mass is 9.98. The first kappa shape index (κ1) is 18.9. The summed E-state index contributed by atoms with van der Waals surface area (Å²) in [6.45, 7) is 6.28. The number of hydrogen-bond donors (Lipinski definition) is 2. The molecule has 1 aromatic carbocycles. The Morgan fingerprint density at radius 3 is 2.57 bits per heavy atom. The Hall–Kier alpha value is -2.44. The van der Waals surface area contributed by atoms with Gasteiger partial charge in [0.2, 0.25) is 0 Å². The molecule has 2 N–H and O–H groups in total. The summed E-state index contributed by atoms with van der Waals surface area (Å²) in [5.74, 6) is 1.59. The molecule has 1 unspecified atom stereocenters. The molecule has 6 nitrogen and oxygen atoms in total. The van der Waals surface area contributed by atoms with Crippen LogP contribution in [0.3, 0.4) is 0 Å². The van der Waals surface area contributed by atoms with Crippen molar-refractivity contribution in [1.29, 1.82) is 0 Å². The van der Waals surface area contributed by atoms with Crippen LogP contribution >= 0.6 is 0 Å². The van der Waals surface area contributed by atoms with Crippen molar-refractivity contribution in [3.05, 3.63) is 53.7 Å². The Bertz CT molecular complexity index is 776. The fourth-order valence-electron chi connectivity index (χ4n) is 3.90. The number of anilines is 2. The molecule has 148 valence electrons. The molecule has 4 rings (SSSR count). The fourth-order valence-corrected chi connectivity index (χ4v) is 3.90. The van der Waals surface area contributed by atoms with Gasteiger partial charge in [0.1, 0.15) is 5.82 Å². The Labute approximate surface area is 166 Å². The number of amides is 1. The Balaban J connectivity index is 1.32. The molecule has 0 radical (unpaired) electrons. The summed E-state index contributed by atoms with van der Waals surface area (Å²) in [5.41, 5.74) is 2.70. The van der Waals surface area contributed by atoms with Gasteiger partial charge in [0.25, 0.3) is 5.91 Å². The second-order valence-electron chi connectivity index (χ2n) is 7.91. The van der Waals surface area contributed by atoms with Gasteiger partial charge in [-0.15, -0.1) is 0 Å². The smallest absolute Gasteiger partial charge is 0.255 e. The summed E-state index contributed by atoms with van der Waals surface area (Å²) in [6, 6.07) is 11.9. The number of nitrogens with zero attached hydrogens (tertiary/aromatic N) is 3. The lowest BCUT2D eigenvalue weighted by Crippen LogP contribution is -2.44. The highest BCUT2D eigenvalue weighted by Gasteiger charge is 2.16. The van der Waals surface area contributed by atoms with Gasteiger partial charge in [0, 0.05) is 31.7 Å². The molecule has 0 spiro atoms. The van der Waals surface area contributed by atoms with Crippen LogP contribution in [-0.2, 0) is 6.42 Å². The predicted octanol–water partition coefficient (Wildman–Crippen LogP) is 2.24. The van der Waals surface area contributed by atoms with Crippen LogP contribution in [0.5, 0.6) is 0 Å². The number of likely N-dealkylation sites (N-methyl/N-ethyl adjacent to an activating group) is 1. The quantitative estimate of drug-likeness (QED) is 0.834. The Morgan fingerprint density at radius 1 is 1.14 bits per heavy atom. The van der Waals surface area contributed by atoms with Crippen LogP contribution in [0.1, 0.15) is 22.3 Å². The van der Waals surface area contributed by atoms with Crippen LogP contribution in [0.15, 0.2) is 42.6 Å². The van der Waals surface area contributed by atoms with Gasteiger partial charge in [0.05, 0.1) is 11.9 Å². The number of nitrogens with one attached hydrogen (secondary N) is 2. The largest absolute Gasteiger partial charge is 0.354 e. The van der Waals surface area contributed by atoms with Gasteiger partial charge in [-0.3, -0.25) is 4.79 Å². The van der Waals surface area contributed by atoms with Crippen molar-refractivity contribution < 1.29 is 4.79 Å². The van der Waals surface area contributed by atoms with E-state index in [4.69, 9.17) is 0 Å². The zero-order valence-corrected chi connectivity index (χ0v) is 16.5. The third kappa shape index (κ3) is 4.69. The number of rotatable bonds is 5. The minimum atomic E-state index is -0.0942. The maximum absolute atomic E-state index is 12.5. The second kappa shape index (κ2) is 8.71. The van der Waals surface area contributed by atoms with E-state index in [0.717, 1.165) is 57.2 Å². The molecule has 1 amide bonds. The van der Waals surface area contributed by atoms with Gasteiger partial charge < -0.3 is 20.4 Å². The van der Waals surface area contributed by atoms with E-state index in [1.807, 2.05) is 24.3 Å². The standard InChI is InChI=1S/C22H29N5O/c1-26-10-12-27(13-11-26)21-7-6-20(16-24-21)25-22(28)19-4-2-17(3-5-19)14-18-8-9-23-15-18/h2-7,16,18,23H,8-15H2,1H3,(H,25,28). The molecule has 3 heterocycles. The van der Waals surface area contributed by atoms with Gasteiger partial charge in [0.15, 0.2) is 0 Å². The van der Waals surface area contributed by atoms with E-state index in [2.05, 4.69) is 44.6 Å². The maximum Gasteiger partial charge on any atom is 0.255 e. The van der Waals surface area contributed by atoms with E-state index in [9.17, 15) is 4.79 Å². The van der Waals surface area contributed by atoms with Gasteiger partial charge >= 0.3 is 0 Å². The molecule has 2 aliphatic heterocycles. The summed E-state index contributed by atoms with van der Waals surface area (Å²) in [4.78, 5) is 21.7. The first-order valence-corrected chi connectivity index (χ1v) is 10.2. The molecule has 1 aromatic heterocycles. The van der Waals surface area contributed by atoms with E-state index < -0.39 is 0 Å². The van der Waals surface area contributed by atoms with Crippen LogP contribution in [0.4, 0.5) is 11.5 Å². The molecule has 1 atom stereocenters. The van der Waals surface area contributed by atoms with Crippen LogP contribution in [-0.4, -0.2) is 62.1 Å². The van der Waals surface area contributed by atoms with Gasteiger partial charge in [-0.05, 0) is 68.7 Å². The topological polar surface area (TPSA) is 60.5 Å². The second-order valence-corrected chi connectivity index (χ2v) is 7.91. The number of carbonyl (C=O) groups is 1. The monoisotopic (exact) mass is 379 g/mol. The molecule has 2 saturated heterocycles. The van der Waals surface area contributed by atoms with E-state index in [1.165, 1.54) is 12.0 Å². The summed E-state index contributed by atoms with van der Waals surface area (Å²) in [5, 5.41) is 6.35.